The Balaban J connectivity index is 1.48. The summed E-state index contributed by atoms with van der Waals surface area (Å²) in [5.74, 6) is 1.48. The maximum Gasteiger partial charge on any atom is 0.237 e. The molecule has 0 saturated carbocycles. The van der Waals surface area contributed by atoms with Gasteiger partial charge in [-0.1, -0.05) is 6.07 Å². The third kappa shape index (κ3) is 4.57. The Morgan fingerprint density at radius 3 is 2.81 bits per heavy atom. The van der Waals surface area contributed by atoms with E-state index in [4.69, 9.17) is 19.2 Å². The lowest BCUT2D eigenvalue weighted by molar-refractivity contribution is -0.136. The number of carbonyl (C=O) groups is 1. The van der Waals surface area contributed by atoms with Crippen LogP contribution in [0.5, 0.6) is 0 Å². The molecule has 1 unspecified atom stereocenters. The molecule has 4 rings (SSSR count). The summed E-state index contributed by atoms with van der Waals surface area (Å²) in [6.45, 7) is 6.22. The molecular formula is C19H28N4O4. The van der Waals surface area contributed by atoms with E-state index in [0.717, 1.165) is 56.3 Å². The minimum absolute atomic E-state index is 0.145. The third-order valence-electron chi connectivity index (χ3n) is 5.32. The molecule has 148 valence electrons. The standard InChI is InChI=1S/C19H28N4O4/c1-22-5-6-23(17(24)12-22)11-15-2-3-16(20-10-14-4-7-25-13-14)21-18(15)19-26-8-9-27-19/h2-3,14,19H,4-13H2,1H3,(H,20,21). The Labute approximate surface area is 159 Å². The number of aromatic nitrogens is 1. The van der Waals surface area contributed by atoms with Gasteiger partial charge in [-0.25, -0.2) is 4.98 Å². The largest absolute Gasteiger partial charge is 0.381 e. The zero-order valence-corrected chi connectivity index (χ0v) is 15.9. The van der Waals surface area contributed by atoms with Crippen LogP contribution in [-0.2, 0) is 25.5 Å². The number of nitrogens with one attached hydrogen (secondary N) is 1. The maximum atomic E-state index is 12.3. The number of ether oxygens (including phenoxy) is 3. The predicted molar refractivity (Wildman–Crippen MR) is 99.2 cm³/mol. The van der Waals surface area contributed by atoms with Gasteiger partial charge in [-0.05, 0) is 25.1 Å². The molecular weight excluding hydrogens is 348 g/mol. The summed E-state index contributed by atoms with van der Waals surface area (Å²) < 4.78 is 16.8. The van der Waals surface area contributed by atoms with Crippen molar-refractivity contribution in [3.8, 4) is 0 Å². The van der Waals surface area contributed by atoms with Crippen LogP contribution in [0.1, 0.15) is 24.0 Å². The number of nitrogens with zero attached hydrogens (tertiary/aromatic N) is 3. The number of hydrogen-bond donors (Lipinski definition) is 1. The Kier molecular flexibility index (Phi) is 5.87. The quantitative estimate of drug-likeness (QED) is 0.789. The molecule has 27 heavy (non-hydrogen) atoms. The van der Waals surface area contributed by atoms with Crippen molar-refractivity contribution in [1.82, 2.24) is 14.8 Å². The highest BCUT2D eigenvalue weighted by Gasteiger charge is 2.27. The number of hydrogen-bond acceptors (Lipinski definition) is 7. The van der Waals surface area contributed by atoms with Crippen LogP contribution in [0, 0.1) is 5.92 Å². The van der Waals surface area contributed by atoms with Crippen LogP contribution in [0.2, 0.25) is 0 Å². The minimum atomic E-state index is -0.459. The van der Waals surface area contributed by atoms with Crippen LogP contribution in [0.15, 0.2) is 12.1 Å². The van der Waals surface area contributed by atoms with Crippen molar-refractivity contribution in [2.45, 2.75) is 19.3 Å². The second kappa shape index (κ2) is 8.52. The predicted octanol–water partition coefficient (Wildman–Crippen LogP) is 0.849. The molecule has 1 atom stereocenters. The lowest BCUT2D eigenvalue weighted by Gasteiger charge is -2.32. The Bertz CT molecular complexity index is 659. The van der Waals surface area contributed by atoms with E-state index in [1.807, 2.05) is 29.0 Å². The highest BCUT2D eigenvalue weighted by molar-refractivity contribution is 5.79. The van der Waals surface area contributed by atoms with E-state index >= 15 is 0 Å². The van der Waals surface area contributed by atoms with Crippen molar-refractivity contribution in [1.29, 1.82) is 0 Å². The SMILES string of the molecule is CN1CCN(Cc2ccc(NCC3CCOC3)nc2C2OCCO2)C(=O)C1. The number of pyridine rings is 1. The normalized spacial score (nSPS) is 24.7. The maximum absolute atomic E-state index is 12.3. The molecule has 1 aromatic rings. The van der Waals surface area contributed by atoms with Crippen molar-refractivity contribution in [3.05, 3.63) is 23.4 Å². The molecule has 1 aromatic heterocycles. The van der Waals surface area contributed by atoms with Gasteiger partial charge in [-0.15, -0.1) is 0 Å². The first-order valence-corrected chi connectivity index (χ1v) is 9.70. The van der Waals surface area contributed by atoms with E-state index in [9.17, 15) is 4.79 Å². The fraction of sp³-hybridized carbons (Fsp3) is 0.684. The van der Waals surface area contributed by atoms with Gasteiger partial charge in [-0.2, -0.15) is 0 Å². The van der Waals surface area contributed by atoms with Crippen molar-refractivity contribution in [2.75, 3.05) is 65.0 Å². The van der Waals surface area contributed by atoms with Gasteiger partial charge >= 0.3 is 0 Å². The molecule has 1 N–H and O–H groups in total. The molecule has 1 amide bonds. The van der Waals surface area contributed by atoms with E-state index < -0.39 is 6.29 Å². The molecule has 3 aliphatic heterocycles. The van der Waals surface area contributed by atoms with Crippen molar-refractivity contribution in [3.63, 3.8) is 0 Å². The first-order valence-electron chi connectivity index (χ1n) is 9.70. The van der Waals surface area contributed by atoms with E-state index in [1.165, 1.54) is 0 Å². The number of anilines is 1. The summed E-state index contributed by atoms with van der Waals surface area (Å²) >= 11 is 0. The van der Waals surface area contributed by atoms with Crippen LogP contribution in [0.3, 0.4) is 0 Å². The Morgan fingerprint density at radius 2 is 2.07 bits per heavy atom. The second-order valence-corrected chi connectivity index (χ2v) is 7.48. The average Bonchev–Trinajstić information content (AvgIpc) is 3.37. The number of likely N-dealkylation sites (N-methyl/N-ethyl adjacent to an activating group) is 1. The lowest BCUT2D eigenvalue weighted by atomic mass is 10.1. The lowest BCUT2D eigenvalue weighted by Crippen LogP contribution is -2.48. The molecule has 0 radical (unpaired) electrons. The molecule has 3 aliphatic rings. The van der Waals surface area contributed by atoms with Crippen LogP contribution in [0.25, 0.3) is 0 Å². The number of amides is 1. The molecule has 3 fully saturated rings. The first kappa shape index (κ1) is 18.6. The Hall–Kier alpha value is -1.74. The topological polar surface area (TPSA) is 76.2 Å². The van der Waals surface area contributed by atoms with Crippen molar-refractivity contribution in [2.24, 2.45) is 5.92 Å². The second-order valence-electron chi connectivity index (χ2n) is 7.48. The number of rotatable bonds is 6. The summed E-state index contributed by atoms with van der Waals surface area (Å²) in [6, 6.07) is 4.01. The summed E-state index contributed by atoms with van der Waals surface area (Å²) in [4.78, 5) is 21.0. The van der Waals surface area contributed by atoms with Crippen LogP contribution in [0.4, 0.5) is 5.82 Å². The van der Waals surface area contributed by atoms with Gasteiger partial charge < -0.3 is 24.4 Å². The molecule has 0 spiro atoms. The molecule has 4 heterocycles. The van der Waals surface area contributed by atoms with Crippen LogP contribution in [-0.4, -0.2) is 80.3 Å². The van der Waals surface area contributed by atoms with E-state index in [2.05, 4.69) is 5.32 Å². The van der Waals surface area contributed by atoms with E-state index in [0.29, 0.717) is 32.2 Å². The summed E-state index contributed by atoms with van der Waals surface area (Å²) in [7, 11) is 1.97. The molecule has 0 bridgehead atoms. The molecule has 3 saturated heterocycles. The smallest absolute Gasteiger partial charge is 0.237 e. The molecule has 8 heteroatoms. The van der Waals surface area contributed by atoms with E-state index in [1.54, 1.807) is 0 Å². The number of carbonyl (C=O) groups excluding carboxylic acids is 1. The van der Waals surface area contributed by atoms with Gasteiger partial charge in [0.05, 0.1) is 26.4 Å². The van der Waals surface area contributed by atoms with Gasteiger partial charge in [0.2, 0.25) is 12.2 Å². The third-order valence-corrected chi connectivity index (χ3v) is 5.32. The van der Waals surface area contributed by atoms with Crippen molar-refractivity contribution >= 4 is 11.7 Å². The van der Waals surface area contributed by atoms with Gasteiger partial charge in [0.15, 0.2) is 0 Å². The van der Waals surface area contributed by atoms with Crippen molar-refractivity contribution < 1.29 is 19.0 Å². The van der Waals surface area contributed by atoms with Gasteiger partial charge in [0, 0.05) is 38.7 Å². The highest BCUT2D eigenvalue weighted by atomic mass is 16.7. The summed E-state index contributed by atoms with van der Waals surface area (Å²) in [5, 5.41) is 3.41. The Morgan fingerprint density at radius 1 is 1.22 bits per heavy atom. The zero-order chi connectivity index (χ0) is 18.6. The molecule has 0 aliphatic carbocycles. The van der Waals surface area contributed by atoms with Gasteiger partial charge in [0.25, 0.3) is 0 Å². The summed E-state index contributed by atoms with van der Waals surface area (Å²) in [6.07, 6.45) is 0.623. The zero-order valence-electron chi connectivity index (χ0n) is 15.9. The van der Waals surface area contributed by atoms with Crippen LogP contribution >= 0.6 is 0 Å². The number of piperazine rings is 1. The average molecular weight is 376 g/mol. The van der Waals surface area contributed by atoms with Gasteiger partial charge in [-0.3, -0.25) is 9.69 Å². The van der Waals surface area contributed by atoms with E-state index in [-0.39, 0.29) is 5.91 Å². The highest BCUT2D eigenvalue weighted by Crippen LogP contribution is 2.27. The van der Waals surface area contributed by atoms with Gasteiger partial charge in [0.1, 0.15) is 11.5 Å². The minimum Gasteiger partial charge on any atom is -0.381 e. The molecule has 0 aromatic carbocycles. The first-order chi connectivity index (χ1) is 13.2. The fourth-order valence-electron chi connectivity index (χ4n) is 3.65. The van der Waals surface area contributed by atoms with Crippen LogP contribution < -0.4 is 5.32 Å². The monoisotopic (exact) mass is 376 g/mol. The fourth-order valence-corrected chi connectivity index (χ4v) is 3.65. The summed E-state index contributed by atoms with van der Waals surface area (Å²) in [5.41, 5.74) is 1.75. The molecule has 8 nitrogen and oxygen atoms in total.